The van der Waals surface area contributed by atoms with Gasteiger partial charge in [0.1, 0.15) is 0 Å². The Morgan fingerprint density at radius 1 is 0.737 bits per heavy atom. The van der Waals surface area contributed by atoms with E-state index in [-0.39, 0.29) is 5.57 Å². The zero-order valence-electron chi connectivity index (χ0n) is 20.7. The third-order valence-corrected chi connectivity index (χ3v) is 6.24. The number of halogens is 3. The summed E-state index contributed by atoms with van der Waals surface area (Å²) in [5.74, 6) is -1.32. The molecule has 6 heteroatoms. The number of benzene rings is 4. The van der Waals surface area contributed by atoms with Gasteiger partial charge in [-0.05, 0) is 23.3 Å². The molecule has 38 heavy (non-hydrogen) atoms. The maximum absolute atomic E-state index is 13.4. The Labute approximate surface area is 219 Å². The number of aliphatic imine (C=N–C) groups is 1. The van der Waals surface area contributed by atoms with Crippen molar-refractivity contribution < 1.29 is 22.7 Å². The van der Waals surface area contributed by atoms with E-state index in [4.69, 9.17) is 9.73 Å². The fraction of sp³-hybridized carbons (Fsp3) is 0.125. The second-order valence-electron chi connectivity index (χ2n) is 8.68. The van der Waals surface area contributed by atoms with Gasteiger partial charge < -0.3 is 4.74 Å². The molecule has 0 fully saturated rings. The summed E-state index contributed by atoms with van der Waals surface area (Å²) in [6.45, 7) is 4.03. The van der Waals surface area contributed by atoms with E-state index in [2.05, 4.69) is 6.58 Å². The highest BCUT2D eigenvalue weighted by Crippen LogP contribution is 2.41. The highest BCUT2D eigenvalue weighted by molar-refractivity contribution is 6.13. The second kappa shape index (κ2) is 11.7. The van der Waals surface area contributed by atoms with Crippen LogP contribution in [0.4, 0.5) is 13.2 Å². The van der Waals surface area contributed by atoms with E-state index in [0.717, 1.165) is 28.8 Å². The lowest BCUT2D eigenvalue weighted by atomic mass is 9.81. The Kier molecular flexibility index (Phi) is 8.22. The topological polar surface area (TPSA) is 38.7 Å². The predicted octanol–water partition coefficient (Wildman–Crippen LogP) is 7.80. The number of alkyl halides is 3. The Morgan fingerprint density at radius 2 is 1.21 bits per heavy atom. The van der Waals surface area contributed by atoms with Crippen molar-refractivity contribution in [2.45, 2.75) is 18.1 Å². The minimum Gasteiger partial charge on any atom is -0.466 e. The monoisotopic (exact) mass is 513 g/mol. The molecule has 3 nitrogen and oxygen atoms in total. The van der Waals surface area contributed by atoms with Crippen LogP contribution in [0.3, 0.4) is 0 Å². The molecule has 192 valence electrons. The SMILES string of the molecule is C=C(C(=O)OC)[C@@H](c1ccccc1)[C@@H](N=C(c1ccccc1)c1ccccc1)c1ccc(C(F)(F)F)cc1. The Balaban J connectivity index is 1.98. The van der Waals surface area contributed by atoms with Gasteiger partial charge in [0.2, 0.25) is 0 Å². The number of rotatable bonds is 8. The highest BCUT2D eigenvalue weighted by atomic mass is 19.4. The van der Waals surface area contributed by atoms with Gasteiger partial charge in [-0.3, -0.25) is 4.99 Å². The second-order valence-corrected chi connectivity index (χ2v) is 8.68. The van der Waals surface area contributed by atoms with E-state index in [9.17, 15) is 18.0 Å². The van der Waals surface area contributed by atoms with Crippen LogP contribution in [0.5, 0.6) is 0 Å². The average Bonchev–Trinajstić information content (AvgIpc) is 2.95. The van der Waals surface area contributed by atoms with Gasteiger partial charge in [0, 0.05) is 22.6 Å². The summed E-state index contributed by atoms with van der Waals surface area (Å²) >= 11 is 0. The lowest BCUT2D eigenvalue weighted by Gasteiger charge is -2.27. The van der Waals surface area contributed by atoms with Gasteiger partial charge in [-0.15, -0.1) is 0 Å². The van der Waals surface area contributed by atoms with E-state index in [1.54, 1.807) is 0 Å². The van der Waals surface area contributed by atoms with Crippen molar-refractivity contribution in [3.63, 3.8) is 0 Å². The number of hydrogen-bond donors (Lipinski definition) is 0. The number of hydrogen-bond acceptors (Lipinski definition) is 3. The molecule has 0 amide bonds. The van der Waals surface area contributed by atoms with Crippen molar-refractivity contribution in [1.82, 2.24) is 0 Å². The van der Waals surface area contributed by atoms with Crippen LogP contribution in [0, 0.1) is 0 Å². The van der Waals surface area contributed by atoms with E-state index < -0.39 is 29.7 Å². The number of ether oxygens (including phenoxy) is 1. The van der Waals surface area contributed by atoms with Gasteiger partial charge in [0.15, 0.2) is 0 Å². The lowest BCUT2D eigenvalue weighted by molar-refractivity contribution is -0.138. The number of methoxy groups -OCH3 is 1. The van der Waals surface area contributed by atoms with Crippen LogP contribution in [0.25, 0.3) is 0 Å². The number of nitrogens with zero attached hydrogens (tertiary/aromatic N) is 1. The molecule has 0 saturated heterocycles. The summed E-state index contributed by atoms with van der Waals surface area (Å²) in [5.41, 5.74) is 2.90. The van der Waals surface area contributed by atoms with Crippen LogP contribution >= 0.6 is 0 Å². The predicted molar refractivity (Wildman–Crippen MR) is 143 cm³/mol. The first kappa shape index (κ1) is 26.6. The van der Waals surface area contributed by atoms with Crippen molar-refractivity contribution in [2.75, 3.05) is 7.11 Å². The number of carbonyl (C=O) groups excluding carboxylic acids is 1. The molecule has 0 aliphatic heterocycles. The van der Waals surface area contributed by atoms with Crippen molar-refractivity contribution in [3.05, 3.63) is 155 Å². The third-order valence-electron chi connectivity index (χ3n) is 6.24. The van der Waals surface area contributed by atoms with Crippen LogP contribution in [-0.2, 0) is 15.7 Å². The van der Waals surface area contributed by atoms with Crippen molar-refractivity contribution >= 4 is 11.7 Å². The van der Waals surface area contributed by atoms with Gasteiger partial charge in [-0.2, -0.15) is 13.2 Å². The normalized spacial score (nSPS) is 12.7. The van der Waals surface area contributed by atoms with Gasteiger partial charge in [0.05, 0.1) is 24.4 Å². The van der Waals surface area contributed by atoms with Crippen LogP contribution in [0.15, 0.2) is 132 Å². The molecule has 0 saturated carbocycles. The maximum Gasteiger partial charge on any atom is 0.416 e. The molecule has 0 aliphatic rings. The Morgan fingerprint density at radius 3 is 1.66 bits per heavy atom. The molecule has 2 atom stereocenters. The molecule has 0 bridgehead atoms. The fourth-order valence-corrected chi connectivity index (χ4v) is 4.35. The molecular weight excluding hydrogens is 487 g/mol. The standard InChI is InChI=1S/C32H26F3NO2/c1-22(31(37)38-2)28(23-12-6-3-7-13-23)30(26-18-20-27(21-19-26)32(33,34)35)36-29(24-14-8-4-9-15-24)25-16-10-5-11-17-25/h3-21,28,30H,1H2,2H3/t28-,30-/m0/s1. The van der Waals surface area contributed by atoms with E-state index in [1.165, 1.54) is 19.2 Å². The van der Waals surface area contributed by atoms with Crippen LogP contribution in [0.1, 0.15) is 39.8 Å². The molecule has 4 rings (SSSR count). The Hall–Kier alpha value is -4.45. The van der Waals surface area contributed by atoms with Gasteiger partial charge in [0.25, 0.3) is 0 Å². The quantitative estimate of drug-likeness (QED) is 0.137. The molecule has 0 aliphatic carbocycles. The molecule has 4 aromatic carbocycles. The highest BCUT2D eigenvalue weighted by Gasteiger charge is 2.34. The summed E-state index contributed by atoms with van der Waals surface area (Å²) in [6, 6.07) is 32.3. The summed E-state index contributed by atoms with van der Waals surface area (Å²) in [6.07, 6.45) is -4.48. The molecule has 0 heterocycles. The lowest BCUT2D eigenvalue weighted by Crippen LogP contribution is -2.20. The van der Waals surface area contributed by atoms with E-state index in [1.807, 2.05) is 91.0 Å². The van der Waals surface area contributed by atoms with Gasteiger partial charge >= 0.3 is 12.1 Å². The van der Waals surface area contributed by atoms with E-state index in [0.29, 0.717) is 11.3 Å². The summed E-state index contributed by atoms with van der Waals surface area (Å²) in [7, 11) is 1.27. The minimum atomic E-state index is -4.48. The molecule has 0 unspecified atom stereocenters. The van der Waals surface area contributed by atoms with Crippen molar-refractivity contribution in [3.8, 4) is 0 Å². The minimum absolute atomic E-state index is 0.146. The maximum atomic E-state index is 13.4. The first-order valence-corrected chi connectivity index (χ1v) is 12.0. The largest absolute Gasteiger partial charge is 0.466 e. The fourth-order valence-electron chi connectivity index (χ4n) is 4.35. The van der Waals surface area contributed by atoms with Crippen LogP contribution in [-0.4, -0.2) is 18.8 Å². The zero-order valence-corrected chi connectivity index (χ0v) is 20.7. The van der Waals surface area contributed by atoms with Crippen molar-refractivity contribution in [2.24, 2.45) is 4.99 Å². The van der Waals surface area contributed by atoms with E-state index >= 15 is 0 Å². The first-order chi connectivity index (χ1) is 18.3. The molecule has 0 spiro atoms. The average molecular weight is 514 g/mol. The molecule has 0 aromatic heterocycles. The zero-order chi connectivity index (χ0) is 27.1. The Bertz CT molecular complexity index is 1360. The molecule has 4 aromatic rings. The molecule has 0 radical (unpaired) electrons. The number of esters is 1. The van der Waals surface area contributed by atoms with Crippen LogP contribution in [0.2, 0.25) is 0 Å². The summed E-state index contributed by atoms with van der Waals surface area (Å²) in [4.78, 5) is 17.9. The van der Waals surface area contributed by atoms with Gasteiger partial charge in [-0.25, -0.2) is 4.79 Å². The summed E-state index contributed by atoms with van der Waals surface area (Å²) in [5, 5.41) is 0. The van der Waals surface area contributed by atoms with Gasteiger partial charge in [-0.1, -0.05) is 110 Å². The van der Waals surface area contributed by atoms with Crippen molar-refractivity contribution in [1.29, 1.82) is 0 Å². The number of carbonyl (C=O) groups is 1. The smallest absolute Gasteiger partial charge is 0.416 e. The first-order valence-electron chi connectivity index (χ1n) is 12.0. The summed E-state index contributed by atoms with van der Waals surface area (Å²) < 4.78 is 45.1. The molecular formula is C32H26F3NO2. The molecule has 0 N–H and O–H groups in total. The third kappa shape index (κ3) is 6.09. The van der Waals surface area contributed by atoms with Crippen LogP contribution < -0.4 is 0 Å².